The molecule has 0 aliphatic carbocycles. The van der Waals surface area contributed by atoms with Crippen LogP contribution in [0.2, 0.25) is 0 Å². The molecule has 1 rings (SSSR count). The molecule has 5 nitrogen and oxygen atoms in total. The van der Waals surface area contributed by atoms with Gasteiger partial charge >= 0.3 is 5.97 Å². The van der Waals surface area contributed by atoms with Gasteiger partial charge in [-0.15, -0.1) is 0 Å². The molecule has 1 aromatic rings. The number of hydrogen-bond acceptors (Lipinski definition) is 3. The quantitative estimate of drug-likeness (QED) is 0.759. The summed E-state index contributed by atoms with van der Waals surface area (Å²) in [5.41, 5.74) is 0.188. The summed E-state index contributed by atoms with van der Waals surface area (Å²) in [6, 6.07) is 0. The maximum absolute atomic E-state index is 11.3. The van der Waals surface area contributed by atoms with Crippen LogP contribution >= 0.6 is 0 Å². The summed E-state index contributed by atoms with van der Waals surface area (Å²) in [5.74, 6) is -0.787. The maximum Gasteiger partial charge on any atom is 0.323 e. The van der Waals surface area contributed by atoms with Crippen LogP contribution < -0.4 is 5.32 Å². The zero-order valence-electron chi connectivity index (χ0n) is 10.7. The van der Waals surface area contributed by atoms with Gasteiger partial charge in [0.15, 0.2) is 0 Å². The molecule has 0 aliphatic rings. The van der Waals surface area contributed by atoms with E-state index in [1.165, 1.54) is 0 Å². The fourth-order valence-corrected chi connectivity index (χ4v) is 1.82. The lowest BCUT2D eigenvalue weighted by atomic mass is 9.93. The lowest BCUT2D eigenvalue weighted by Crippen LogP contribution is -2.50. The minimum Gasteiger partial charge on any atom is -0.480 e. The Labute approximate surface area is 102 Å². The van der Waals surface area contributed by atoms with E-state index in [4.69, 9.17) is 0 Å². The molecule has 0 aromatic carbocycles. The van der Waals surface area contributed by atoms with Gasteiger partial charge in [-0.2, -0.15) is 5.10 Å². The summed E-state index contributed by atoms with van der Waals surface area (Å²) in [6.07, 6.45) is 4.85. The molecule has 0 aliphatic heterocycles. The van der Waals surface area contributed by atoms with Crippen LogP contribution in [0.5, 0.6) is 0 Å². The third-order valence-electron chi connectivity index (χ3n) is 3.26. The van der Waals surface area contributed by atoms with Crippen LogP contribution in [0, 0.1) is 0 Å². The van der Waals surface area contributed by atoms with Crippen LogP contribution in [0.1, 0.15) is 39.2 Å². The Bertz CT molecular complexity index is 370. The van der Waals surface area contributed by atoms with Crippen molar-refractivity contribution in [3.8, 4) is 0 Å². The zero-order valence-corrected chi connectivity index (χ0v) is 10.7. The second-order valence-electron chi connectivity index (χ2n) is 4.15. The average molecular weight is 239 g/mol. The van der Waals surface area contributed by atoms with Crippen molar-refractivity contribution in [3.05, 3.63) is 18.0 Å². The zero-order chi connectivity index (χ0) is 12.9. The van der Waals surface area contributed by atoms with E-state index in [0.717, 1.165) is 12.1 Å². The molecule has 0 saturated carbocycles. The summed E-state index contributed by atoms with van der Waals surface area (Å²) in [7, 11) is 0. The van der Waals surface area contributed by atoms with Gasteiger partial charge < -0.3 is 5.11 Å². The highest BCUT2D eigenvalue weighted by atomic mass is 16.4. The number of nitrogens with zero attached hydrogens (tertiary/aromatic N) is 2. The van der Waals surface area contributed by atoms with Crippen LogP contribution in [0.4, 0.5) is 0 Å². The lowest BCUT2D eigenvalue weighted by Gasteiger charge is -2.27. The molecule has 0 bridgehead atoms. The van der Waals surface area contributed by atoms with Crippen molar-refractivity contribution < 1.29 is 9.90 Å². The molecule has 2 N–H and O–H groups in total. The number of carboxylic acid groups (broad SMARTS) is 1. The molecule has 1 heterocycles. The van der Waals surface area contributed by atoms with Crippen molar-refractivity contribution in [2.75, 3.05) is 0 Å². The number of carbonyl (C=O) groups is 1. The number of aliphatic carboxylic acids is 1. The highest BCUT2D eigenvalue weighted by Crippen LogP contribution is 2.16. The molecular formula is C12H21N3O2. The minimum absolute atomic E-state index is 0.536. The molecule has 0 amide bonds. The van der Waals surface area contributed by atoms with Gasteiger partial charge in [0.1, 0.15) is 5.54 Å². The van der Waals surface area contributed by atoms with Crippen molar-refractivity contribution in [1.29, 1.82) is 0 Å². The van der Waals surface area contributed by atoms with Gasteiger partial charge in [-0.1, -0.05) is 13.8 Å². The van der Waals surface area contributed by atoms with Gasteiger partial charge in [-0.3, -0.25) is 14.8 Å². The predicted molar refractivity (Wildman–Crippen MR) is 65.7 cm³/mol. The monoisotopic (exact) mass is 239 g/mol. The van der Waals surface area contributed by atoms with E-state index in [1.54, 1.807) is 6.20 Å². The highest BCUT2D eigenvalue weighted by molar-refractivity contribution is 5.78. The minimum atomic E-state index is -0.825. The fraction of sp³-hybridized carbons (Fsp3) is 0.667. The summed E-state index contributed by atoms with van der Waals surface area (Å²) < 4.78 is 1.83. The van der Waals surface area contributed by atoms with E-state index in [1.807, 2.05) is 31.6 Å². The molecule has 0 saturated heterocycles. The van der Waals surface area contributed by atoms with Gasteiger partial charge in [0, 0.05) is 24.8 Å². The molecular weight excluding hydrogens is 218 g/mol. The van der Waals surface area contributed by atoms with E-state index in [9.17, 15) is 9.90 Å². The van der Waals surface area contributed by atoms with Crippen molar-refractivity contribution in [1.82, 2.24) is 15.1 Å². The molecule has 0 atom stereocenters. The molecule has 96 valence electrons. The maximum atomic E-state index is 11.3. The van der Waals surface area contributed by atoms with Crippen molar-refractivity contribution in [3.63, 3.8) is 0 Å². The summed E-state index contributed by atoms with van der Waals surface area (Å²) in [4.78, 5) is 11.3. The lowest BCUT2D eigenvalue weighted by molar-refractivity contribution is -0.145. The van der Waals surface area contributed by atoms with E-state index < -0.39 is 11.5 Å². The molecule has 0 spiro atoms. The number of rotatable bonds is 7. The third-order valence-corrected chi connectivity index (χ3v) is 3.26. The third kappa shape index (κ3) is 3.06. The van der Waals surface area contributed by atoms with Gasteiger partial charge in [0.25, 0.3) is 0 Å². The van der Waals surface area contributed by atoms with Crippen LogP contribution in [0.15, 0.2) is 12.4 Å². The largest absolute Gasteiger partial charge is 0.480 e. The number of hydrogen-bond donors (Lipinski definition) is 2. The average Bonchev–Trinajstić information content (AvgIpc) is 2.78. The normalized spacial score (nSPS) is 11.7. The number of aromatic nitrogens is 2. The van der Waals surface area contributed by atoms with E-state index >= 15 is 0 Å². The first-order chi connectivity index (χ1) is 8.07. The van der Waals surface area contributed by atoms with Crippen LogP contribution in [-0.2, 0) is 17.9 Å². The summed E-state index contributed by atoms with van der Waals surface area (Å²) in [6.45, 7) is 7.16. The van der Waals surface area contributed by atoms with Crippen LogP contribution in [0.25, 0.3) is 0 Å². The number of carboxylic acids is 1. The number of nitrogens with one attached hydrogen (secondary N) is 1. The molecule has 0 radical (unpaired) electrons. The van der Waals surface area contributed by atoms with Gasteiger partial charge in [-0.05, 0) is 19.8 Å². The van der Waals surface area contributed by atoms with Crippen molar-refractivity contribution in [2.45, 2.75) is 52.2 Å². The Hall–Kier alpha value is -1.36. The predicted octanol–water partition coefficient (Wildman–Crippen LogP) is 1.64. The molecule has 0 fully saturated rings. The Balaban J connectivity index is 2.66. The van der Waals surface area contributed by atoms with E-state index in [0.29, 0.717) is 19.4 Å². The Kier molecular flexibility index (Phi) is 4.69. The summed E-state index contributed by atoms with van der Waals surface area (Å²) in [5, 5.41) is 16.6. The van der Waals surface area contributed by atoms with E-state index in [-0.39, 0.29) is 0 Å². The van der Waals surface area contributed by atoms with Crippen LogP contribution in [-0.4, -0.2) is 26.4 Å². The van der Waals surface area contributed by atoms with Gasteiger partial charge in [0.05, 0.1) is 6.20 Å². The Morgan fingerprint density at radius 2 is 2.12 bits per heavy atom. The molecule has 5 heteroatoms. The first-order valence-electron chi connectivity index (χ1n) is 6.07. The van der Waals surface area contributed by atoms with Crippen molar-refractivity contribution >= 4 is 5.97 Å². The Morgan fingerprint density at radius 3 is 2.53 bits per heavy atom. The molecule has 17 heavy (non-hydrogen) atoms. The molecule has 1 aromatic heterocycles. The Morgan fingerprint density at radius 1 is 1.47 bits per heavy atom. The SMILES string of the molecule is CCn1cc(CNC(CC)(CC)C(=O)O)cn1. The van der Waals surface area contributed by atoms with Gasteiger partial charge in [-0.25, -0.2) is 0 Å². The first-order valence-corrected chi connectivity index (χ1v) is 6.07. The standard InChI is InChI=1S/C12H21N3O2/c1-4-12(5-2,11(16)17)13-7-10-8-14-15(6-3)9-10/h8-9,13H,4-7H2,1-3H3,(H,16,17). The summed E-state index contributed by atoms with van der Waals surface area (Å²) >= 11 is 0. The van der Waals surface area contributed by atoms with Gasteiger partial charge in [0.2, 0.25) is 0 Å². The second kappa shape index (κ2) is 5.82. The van der Waals surface area contributed by atoms with Crippen LogP contribution in [0.3, 0.4) is 0 Å². The molecule has 0 unspecified atom stereocenters. The first kappa shape index (κ1) is 13.7. The number of aryl methyl sites for hydroxylation is 1. The topological polar surface area (TPSA) is 67.2 Å². The van der Waals surface area contributed by atoms with Crippen molar-refractivity contribution in [2.24, 2.45) is 0 Å². The van der Waals surface area contributed by atoms with E-state index in [2.05, 4.69) is 10.4 Å². The fourth-order valence-electron chi connectivity index (χ4n) is 1.82. The smallest absolute Gasteiger partial charge is 0.323 e. The highest BCUT2D eigenvalue weighted by Gasteiger charge is 2.33. The second-order valence-corrected chi connectivity index (χ2v) is 4.15.